The fourth-order valence-corrected chi connectivity index (χ4v) is 2.22. The summed E-state index contributed by atoms with van der Waals surface area (Å²) in [5.41, 5.74) is 2.69. The largest absolute Gasteiger partial charge is 0.387 e. The normalized spacial score (nSPS) is 11.5. The molecule has 0 radical (unpaired) electrons. The standard InChI is InChI=1S/C18H15N5O/c19-9-15-7-6-14(10-20-15)16-8-18(23-12-22-16)21-11-17(24)13-4-2-1-3-5-13/h1-8,10,12,17,24H,11H2,(H,21,22,23)/t17-/m0/s1. The second kappa shape index (κ2) is 7.31. The Balaban J connectivity index is 1.70. The molecule has 0 aliphatic rings. The van der Waals surface area contributed by atoms with Crippen LogP contribution in [0.2, 0.25) is 0 Å². The number of nitriles is 1. The molecule has 0 unspecified atom stereocenters. The van der Waals surface area contributed by atoms with Crippen molar-refractivity contribution in [1.29, 1.82) is 5.26 Å². The Morgan fingerprint density at radius 3 is 2.62 bits per heavy atom. The Hall–Kier alpha value is -3.30. The maximum absolute atomic E-state index is 10.2. The summed E-state index contributed by atoms with van der Waals surface area (Å²) in [5, 5.41) is 22.1. The van der Waals surface area contributed by atoms with E-state index in [4.69, 9.17) is 5.26 Å². The lowest BCUT2D eigenvalue weighted by molar-refractivity contribution is 0.191. The summed E-state index contributed by atoms with van der Waals surface area (Å²) in [7, 11) is 0. The molecule has 3 rings (SSSR count). The number of hydrogen-bond acceptors (Lipinski definition) is 6. The van der Waals surface area contributed by atoms with Crippen molar-refractivity contribution in [3.63, 3.8) is 0 Å². The molecule has 0 spiro atoms. The number of rotatable bonds is 5. The number of anilines is 1. The van der Waals surface area contributed by atoms with Crippen molar-refractivity contribution in [2.75, 3.05) is 11.9 Å². The number of aliphatic hydroxyl groups excluding tert-OH is 1. The first-order valence-electron chi connectivity index (χ1n) is 7.42. The third-order valence-electron chi connectivity index (χ3n) is 3.50. The minimum Gasteiger partial charge on any atom is -0.387 e. The molecule has 0 amide bonds. The second-order valence-corrected chi connectivity index (χ2v) is 5.14. The van der Waals surface area contributed by atoms with Gasteiger partial charge in [-0.25, -0.2) is 15.0 Å². The maximum atomic E-state index is 10.2. The van der Waals surface area contributed by atoms with Crippen LogP contribution in [0.25, 0.3) is 11.3 Å². The van der Waals surface area contributed by atoms with E-state index < -0.39 is 6.10 Å². The first kappa shape index (κ1) is 15.6. The van der Waals surface area contributed by atoms with Crippen LogP contribution in [0.4, 0.5) is 5.82 Å². The zero-order valence-electron chi connectivity index (χ0n) is 12.8. The number of aromatic nitrogens is 3. The van der Waals surface area contributed by atoms with E-state index in [-0.39, 0.29) is 0 Å². The molecule has 0 fully saturated rings. The molecule has 1 atom stereocenters. The quantitative estimate of drug-likeness (QED) is 0.751. The first-order valence-corrected chi connectivity index (χ1v) is 7.42. The molecule has 6 nitrogen and oxygen atoms in total. The highest BCUT2D eigenvalue weighted by Gasteiger charge is 2.08. The Labute approximate surface area is 139 Å². The van der Waals surface area contributed by atoms with Crippen molar-refractivity contribution in [2.45, 2.75) is 6.10 Å². The monoisotopic (exact) mass is 317 g/mol. The van der Waals surface area contributed by atoms with E-state index >= 15 is 0 Å². The number of pyridine rings is 1. The minimum atomic E-state index is -0.624. The molecule has 24 heavy (non-hydrogen) atoms. The van der Waals surface area contributed by atoms with Crippen LogP contribution in [0.3, 0.4) is 0 Å². The number of aliphatic hydroxyl groups is 1. The third-order valence-corrected chi connectivity index (χ3v) is 3.50. The van der Waals surface area contributed by atoms with Crippen LogP contribution in [-0.2, 0) is 0 Å². The van der Waals surface area contributed by atoms with E-state index in [1.54, 1.807) is 24.4 Å². The molecule has 0 aliphatic carbocycles. The van der Waals surface area contributed by atoms with Crippen LogP contribution in [0.5, 0.6) is 0 Å². The van der Waals surface area contributed by atoms with E-state index in [0.717, 1.165) is 11.1 Å². The summed E-state index contributed by atoms with van der Waals surface area (Å²) < 4.78 is 0. The predicted octanol–water partition coefficient (Wildman–Crippen LogP) is 2.56. The fraction of sp³-hybridized carbons (Fsp3) is 0.111. The third kappa shape index (κ3) is 3.72. The summed E-state index contributed by atoms with van der Waals surface area (Å²) >= 11 is 0. The molecule has 0 aliphatic heterocycles. The van der Waals surface area contributed by atoms with Gasteiger partial charge in [0.1, 0.15) is 23.9 Å². The summed E-state index contributed by atoms with van der Waals surface area (Å²) in [5.74, 6) is 0.611. The molecule has 3 aromatic rings. The Morgan fingerprint density at radius 1 is 1.08 bits per heavy atom. The lowest BCUT2D eigenvalue weighted by atomic mass is 10.1. The lowest BCUT2D eigenvalue weighted by Crippen LogP contribution is -2.13. The lowest BCUT2D eigenvalue weighted by Gasteiger charge is -2.13. The van der Waals surface area contributed by atoms with Gasteiger partial charge in [-0.1, -0.05) is 30.3 Å². The topological polar surface area (TPSA) is 94.7 Å². The van der Waals surface area contributed by atoms with E-state index in [9.17, 15) is 5.11 Å². The Kier molecular flexibility index (Phi) is 4.75. The van der Waals surface area contributed by atoms with Gasteiger partial charge in [0.25, 0.3) is 0 Å². The van der Waals surface area contributed by atoms with E-state index in [0.29, 0.717) is 23.8 Å². The van der Waals surface area contributed by atoms with Crippen LogP contribution in [-0.4, -0.2) is 26.6 Å². The number of hydrogen-bond donors (Lipinski definition) is 2. The first-order chi connectivity index (χ1) is 11.8. The van der Waals surface area contributed by atoms with E-state index in [1.807, 2.05) is 36.4 Å². The van der Waals surface area contributed by atoms with Gasteiger partial charge in [0.2, 0.25) is 0 Å². The van der Waals surface area contributed by atoms with Crippen molar-refractivity contribution in [3.8, 4) is 17.3 Å². The van der Waals surface area contributed by atoms with E-state index in [2.05, 4.69) is 20.3 Å². The molecular formula is C18H15N5O. The minimum absolute atomic E-state index is 0.339. The highest BCUT2D eigenvalue weighted by Crippen LogP contribution is 2.19. The molecule has 2 aromatic heterocycles. The fourth-order valence-electron chi connectivity index (χ4n) is 2.22. The van der Waals surface area contributed by atoms with E-state index in [1.165, 1.54) is 6.33 Å². The zero-order chi connectivity index (χ0) is 16.8. The highest BCUT2D eigenvalue weighted by molar-refractivity contribution is 5.61. The van der Waals surface area contributed by atoms with Gasteiger partial charge in [-0.2, -0.15) is 5.26 Å². The van der Waals surface area contributed by atoms with Crippen LogP contribution in [0, 0.1) is 11.3 Å². The SMILES string of the molecule is N#Cc1ccc(-c2cc(NC[C@H](O)c3ccccc3)ncn2)cn1. The van der Waals surface area contributed by atoms with Crippen LogP contribution in [0.1, 0.15) is 17.4 Å². The van der Waals surface area contributed by atoms with Crippen LogP contribution >= 0.6 is 0 Å². The van der Waals surface area contributed by atoms with Gasteiger partial charge >= 0.3 is 0 Å². The van der Waals surface area contributed by atoms with Crippen molar-refractivity contribution >= 4 is 5.82 Å². The molecular weight excluding hydrogens is 302 g/mol. The van der Waals surface area contributed by atoms with Gasteiger partial charge < -0.3 is 10.4 Å². The molecule has 0 saturated carbocycles. The average Bonchev–Trinajstić information content (AvgIpc) is 2.67. The summed E-state index contributed by atoms with van der Waals surface area (Å²) in [6.45, 7) is 0.339. The predicted molar refractivity (Wildman–Crippen MR) is 89.9 cm³/mol. The Morgan fingerprint density at radius 2 is 1.92 bits per heavy atom. The number of nitrogens with zero attached hydrogens (tertiary/aromatic N) is 4. The molecule has 2 heterocycles. The zero-order valence-corrected chi connectivity index (χ0v) is 12.8. The summed E-state index contributed by atoms with van der Waals surface area (Å²) in [6, 6.07) is 16.6. The number of benzene rings is 1. The van der Waals surface area contributed by atoms with Crippen molar-refractivity contribution in [1.82, 2.24) is 15.0 Å². The maximum Gasteiger partial charge on any atom is 0.140 e. The smallest absolute Gasteiger partial charge is 0.140 e. The molecule has 0 bridgehead atoms. The molecule has 2 N–H and O–H groups in total. The van der Waals surface area contributed by atoms with Crippen molar-refractivity contribution < 1.29 is 5.11 Å². The second-order valence-electron chi connectivity index (χ2n) is 5.14. The van der Waals surface area contributed by atoms with Crippen molar-refractivity contribution in [3.05, 3.63) is 72.3 Å². The average molecular weight is 317 g/mol. The van der Waals surface area contributed by atoms with Gasteiger partial charge in [-0.15, -0.1) is 0 Å². The molecule has 1 aromatic carbocycles. The van der Waals surface area contributed by atoms with Gasteiger partial charge in [0.05, 0.1) is 11.8 Å². The highest BCUT2D eigenvalue weighted by atomic mass is 16.3. The van der Waals surface area contributed by atoms with Gasteiger partial charge in [0, 0.05) is 24.4 Å². The summed E-state index contributed by atoms with van der Waals surface area (Å²) in [6.07, 6.45) is 2.43. The van der Waals surface area contributed by atoms with Gasteiger partial charge in [-0.3, -0.25) is 0 Å². The Bertz CT molecular complexity index is 843. The number of nitrogens with one attached hydrogen (secondary N) is 1. The van der Waals surface area contributed by atoms with Crippen LogP contribution < -0.4 is 5.32 Å². The van der Waals surface area contributed by atoms with Crippen LogP contribution in [0.15, 0.2) is 61.1 Å². The van der Waals surface area contributed by atoms with Gasteiger partial charge in [0.15, 0.2) is 0 Å². The molecule has 118 valence electrons. The molecule has 6 heteroatoms. The molecule has 0 saturated heterocycles. The van der Waals surface area contributed by atoms with Crippen molar-refractivity contribution in [2.24, 2.45) is 0 Å². The van der Waals surface area contributed by atoms with Gasteiger partial charge in [-0.05, 0) is 17.7 Å². The summed E-state index contributed by atoms with van der Waals surface area (Å²) in [4.78, 5) is 12.4.